The molecule has 0 aliphatic carbocycles. The zero-order valence-corrected chi connectivity index (χ0v) is 19.8. The number of pyridine rings is 1. The van der Waals surface area contributed by atoms with Crippen LogP contribution in [0.1, 0.15) is 12.0 Å². The lowest BCUT2D eigenvalue weighted by atomic mass is 10.2. The number of fused-ring (bicyclic) bond motifs is 1. The number of hydrogen-bond acceptors (Lipinski definition) is 8. The van der Waals surface area contributed by atoms with Crippen molar-refractivity contribution in [3.8, 4) is 17.1 Å². The molecule has 0 bridgehead atoms. The van der Waals surface area contributed by atoms with Gasteiger partial charge in [0.2, 0.25) is 16.0 Å². The van der Waals surface area contributed by atoms with E-state index in [2.05, 4.69) is 63.4 Å². The summed E-state index contributed by atoms with van der Waals surface area (Å²) in [6.45, 7) is 2.36. The molecule has 1 aromatic carbocycles. The Morgan fingerprint density at radius 2 is 1.81 bits per heavy atom. The second kappa shape index (κ2) is 9.97. The number of anilines is 2. The minimum atomic E-state index is 0.634. The minimum absolute atomic E-state index is 0.634. The summed E-state index contributed by atoms with van der Waals surface area (Å²) >= 11 is 1.53. The van der Waals surface area contributed by atoms with Crippen LogP contribution >= 0.6 is 11.3 Å². The van der Waals surface area contributed by atoms with Gasteiger partial charge in [-0.15, -0.1) is 5.10 Å². The van der Waals surface area contributed by atoms with Crippen LogP contribution in [0.4, 0.5) is 10.8 Å². The van der Waals surface area contributed by atoms with Crippen molar-refractivity contribution in [3.05, 3.63) is 54.4 Å². The molecule has 3 aromatic heterocycles. The third-order valence-electron chi connectivity index (χ3n) is 5.01. The molecule has 0 saturated heterocycles. The molecule has 0 spiro atoms. The first-order valence-electron chi connectivity index (χ1n) is 10.6. The Labute approximate surface area is 192 Å². The highest BCUT2D eigenvalue weighted by Gasteiger charge is 2.12. The van der Waals surface area contributed by atoms with Gasteiger partial charge >= 0.3 is 0 Å². The fraction of sp³-hybridized carbons (Fsp3) is 0.348. The van der Waals surface area contributed by atoms with Crippen LogP contribution in [0, 0.1) is 0 Å². The smallest absolute Gasteiger partial charge is 0.214 e. The third kappa shape index (κ3) is 5.35. The third-order valence-corrected chi connectivity index (χ3v) is 5.89. The molecule has 0 atom stereocenters. The van der Waals surface area contributed by atoms with Crippen molar-refractivity contribution < 1.29 is 4.74 Å². The summed E-state index contributed by atoms with van der Waals surface area (Å²) in [7, 11) is 8.19. The zero-order valence-electron chi connectivity index (χ0n) is 18.9. The van der Waals surface area contributed by atoms with Crippen LogP contribution in [-0.4, -0.2) is 65.8 Å². The van der Waals surface area contributed by atoms with Crippen LogP contribution in [-0.2, 0) is 6.54 Å². The van der Waals surface area contributed by atoms with Gasteiger partial charge in [0, 0.05) is 50.7 Å². The van der Waals surface area contributed by atoms with Crippen molar-refractivity contribution in [3.63, 3.8) is 0 Å². The van der Waals surface area contributed by atoms with Gasteiger partial charge in [-0.2, -0.15) is 0 Å². The van der Waals surface area contributed by atoms with Crippen LogP contribution in [0.2, 0.25) is 0 Å². The van der Waals surface area contributed by atoms with Crippen LogP contribution in [0.3, 0.4) is 0 Å². The van der Waals surface area contributed by atoms with Gasteiger partial charge < -0.3 is 19.9 Å². The zero-order chi connectivity index (χ0) is 22.5. The molecule has 32 heavy (non-hydrogen) atoms. The molecule has 8 nitrogen and oxygen atoms in total. The van der Waals surface area contributed by atoms with Gasteiger partial charge in [-0.1, -0.05) is 23.5 Å². The normalized spacial score (nSPS) is 11.3. The van der Waals surface area contributed by atoms with Crippen molar-refractivity contribution >= 4 is 27.1 Å². The summed E-state index contributed by atoms with van der Waals surface area (Å²) in [6, 6.07) is 12.4. The van der Waals surface area contributed by atoms with Gasteiger partial charge in [-0.25, -0.2) is 14.5 Å². The molecule has 4 aromatic rings. The van der Waals surface area contributed by atoms with E-state index < -0.39 is 0 Å². The second-order valence-electron chi connectivity index (χ2n) is 8.05. The summed E-state index contributed by atoms with van der Waals surface area (Å²) in [6.07, 6.45) is 4.61. The molecule has 168 valence electrons. The molecule has 3 heterocycles. The monoisotopic (exact) mass is 451 g/mol. The highest BCUT2D eigenvalue weighted by molar-refractivity contribution is 7.20. The summed E-state index contributed by atoms with van der Waals surface area (Å²) in [5, 5.41) is 8.94. The molecule has 0 radical (unpaired) electrons. The lowest BCUT2D eigenvalue weighted by Gasteiger charge is -2.12. The Morgan fingerprint density at radius 3 is 2.50 bits per heavy atom. The van der Waals surface area contributed by atoms with E-state index in [-0.39, 0.29) is 0 Å². The number of benzene rings is 1. The van der Waals surface area contributed by atoms with Crippen LogP contribution in [0.15, 0.2) is 48.8 Å². The number of rotatable bonds is 10. The fourth-order valence-electron chi connectivity index (χ4n) is 3.23. The maximum absolute atomic E-state index is 5.73. The Balaban J connectivity index is 1.39. The Kier molecular flexibility index (Phi) is 6.87. The van der Waals surface area contributed by atoms with E-state index in [4.69, 9.17) is 9.84 Å². The standard InChI is InChI=1S/C23H29N7OS/c1-28(2)12-5-13-31-21-11-8-18(15-24-21)20-16-26-23-30(20)27-22(32-23)25-14-17-6-9-19(10-7-17)29(3)4/h6-11,15-16H,5,12-14H2,1-4H3,(H,25,27). The number of imidazole rings is 1. The highest BCUT2D eigenvalue weighted by Crippen LogP contribution is 2.27. The highest BCUT2D eigenvalue weighted by atomic mass is 32.1. The molecule has 4 rings (SSSR count). The number of ether oxygens (including phenoxy) is 1. The quantitative estimate of drug-likeness (QED) is 0.367. The van der Waals surface area contributed by atoms with Crippen molar-refractivity contribution in [2.45, 2.75) is 13.0 Å². The predicted molar refractivity (Wildman–Crippen MR) is 131 cm³/mol. The van der Waals surface area contributed by atoms with Crippen molar-refractivity contribution in [2.75, 3.05) is 51.6 Å². The van der Waals surface area contributed by atoms with Gasteiger partial charge in [-0.3, -0.25) is 0 Å². The summed E-state index contributed by atoms with van der Waals surface area (Å²) in [5.74, 6) is 0.634. The summed E-state index contributed by atoms with van der Waals surface area (Å²) in [4.78, 5) is 14.0. The molecular weight excluding hydrogens is 422 g/mol. The molecule has 0 fully saturated rings. The van der Waals surface area contributed by atoms with Gasteiger partial charge in [0.25, 0.3) is 0 Å². The van der Waals surface area contributed by atoms with Gasteiger partial charge in [0.1, 0.15) is 0 Å². The van der Waals surface area contributed by atoms with E-state index in [1.807, 2.05) is 43.1 Å². The largest absolute Gasteiger partial charge is 0.478 e. The van der Waals surface area contributed by atoms with Crippen molar-refractivity contribution in [2.24, 2.45) is 0 Å². The Hall–Kier alpha value is -3.17. The van der Waals surface area contributed by atoms with Crippen LogP contribution < -0.4 is 15.0 Å². The molecule has 0 aliphatic rings. The first kappa shape index (κ1) is 22.0. The van der Waals surface area contributed by atoms with Gasteiger partial charge in [-0.05, 0) is 44.3 Å². The number of hydrogen-bond donors (Lipinski definition) is 1. The molecular formula is C23H29N7OS. The van der Waals surface area contributed by atoms with E-state index in [9.17, 15) is 0 Å². The van der Waals surface area contributed by atoms with Gasteiger partial charge in [0.15, 0.2) is 0 Å². The topological polar surface area (TPSA) is 70.8 Å². The average molecular weight is 452 g/mol. The van der Waals surface area contributed by atoms with E-state index in [1.165, 1.54) is 22.6 Å². The maximum atomic E-state index is 5.73. The summed E-state index contributed by atoms with van der Waals surface area (Å²) in [5.41, 5.74) is 4.25. The Bertz CT molecular complexity index is 1130. The molecule has 0 amide bonds. The first-order chi connectivity index (χ1) is 15.5. The fourth-order valence-corrected chi connectivity index (χ4v) is 4.00. The molecule has 1 N–H and O–H groups in total. The number of nitrogens with zero attached hydrogens (tertiary/aromatic N) is 6. The molecule has 0 aliphatic heterocycles. The summed E-state index contributed by atoms with van der Waals surface area (Å²) < 4.78 is 7.59. The maximum Gasteiger partial charge on any atom is 0.214 e. The van der Waals surface area contributed by atoms with E-state index in [0.29, 0.717) is 19.0 Å². The number of nitrogens with one attached hydrogen (secondary N) is 1. The first-order valence-corrected chi connectivity index (χ1v) is 11.4. The van der Waals surface area contributed by atoms with Crippen molar-refractivity contribution in [1.29, 1.82) is 0 Å². The molecule has 0 unspecified atom stereocenters. The lowest BCUT2D eigenvalue weighted by molar-refractivity contribution is 0.273. The van der Waals surface area contributed by atoms with Crippen LogP contribution in [0.25, 0.3) is 16.2 Å². The number of aromatic nitrogens is 4. The van der Waals surface area contributed by atoms with E-state index >= 15 is 0 Å². The van der Waals surface area contributed by atoms with Gasteiger partial charge in [0.05, 0.1) is 18.5 Å². The molecule has 0 saturated carbocycles. The SMILES string of the molecule is CN(C)CCCOc1ccc(-c2cnc3sc(NCc4ccc(N(C)C)cc4)nn23)cn1. The van der Waals surface area contributed by atoms with E-state index in [0.717, 1.165) is 34.3 Å². The lowest BCUT2D eigenvalue weighted by Crippen LogP contribution is -2.15. The van der Waals surface area contributed by atoms with Crippen molar-refractivity contribution in [1.82, 2.24) is 24.5 Å². The second-order valence-corrected chi connectivity index (χ2v) is 9.01. The average Bonchev–Trinajstić information content (AvgIpc) is 3.36. The van der Waals surface area contributed by atoms with E-state index in [1.54, 1.807) is 0 Å². The molecule has 9 heteroatoms. The Morgan fingerprint density at radius 1 is 1.00 bits per heavy atom. The minimum Gasteiger partial charge on any atom is -0.478 e. The predicted octanol–water partition coefficient (Wildman–Crippen LogP) is 3.86. The van der Waals surface area contributed by atoms with Crippen LogP contribution in [0.5, 0.6) is 5.88 Å².